The van der Waals surface area contributed by atoms with E-state index in [-0.39, 0.29) is 41.3 Å². The molecular formula is C19H18ClN9O5S2. The average molecular weight is 552 g/mol. The van der Waals surface area contributed by atoms with Crippen molar-refractivity contribution in [1.82, 2.24) is 29.2 Å². The number of carbonyl (C=O) groups is 3. The number of anilines is 1. The van der Waals surface area contributed by atoms with Gasteiger partial charge in [-0.3, -0.25) is 14.5 Å². The van der Waals surface area contributed by atoms with Crippen molar-refractivity contribution in [2.45, 2.75) is 18.0 Å². The van der Waals surface area contributed by atoms with E-state index in [1.807, 2.05) is 10.6 Å². The number of imidazole rings is 1. The Morgan fingerprint density at radius 3 is 2.94 bits per heavy atom. The summed E-state index contributed by atoms with van der Waals surface area (Å²) in [6.45, 7) is 0.270. The molecule has 14 nitrogen and oxygen atoms in total. The van der Waals surface area contributed by atoms with E-state index in [2.05, 4.69) is 24.9 Å². The topological polar surface area (TPSA) is 182 Å². The molecular weight excluding hydrogens is 534 g/mol. The minimum Gasteiger partial charge on any atom is -1.00 e. The molecule has 3 aromatic rings. The Morgan fingerprint density at radius 2 is 2.25 bits per heavy atom. The summed E-state index contributed by atoms with van der Waals surface area (Å²) < 4.78 is 7.48. The zero-order valence-electron chi connectivity index (χ0n) is 18.4. The summed E-state index contributed by atoms with van der Waals surface area (Å²) in [4.78, 5) is 47.8. The minimum absolute atomic E-state index is 0. The van der Waals surface area contributed by atoms with Crippen LogP contribution in [-0.2, 0) is 25.8 Å². The van der Waals surface area contributed by atoms with Gasteiger partial charge in [0.15, 0.2) is 11.3 Å². The number of amides is 2. The molecule has 0 radical (unpaired) electrons. The minimum atomic E-state index is -1.21. The highest BCUT2D eigenvalue weighted by atomic mass is 35.5. The summed E-state index contributed by atoms with van der Waals surface area (Å²) in [5, 5.41) is 19.9. The zero-order valence-corrected chi connectivity index (χ0v) is 20.8. The Balaban J connectivity index is 0.00000304. The molecule has 0 aromatic carbocycles. The number of β-lactam (4-membered cyclic amide) rings is 1. The fourth-order valence-electron chi connectivity index (χ4n) is 3.90. The molecule has 36 heavy (non-hydrogen) atoms. The number of aliphatic carboxylic acids is 1. The van der Waals surface area contributed by atoms with E-state index in [1.165, 1.54) is 23.8 Å². The number of carbonyl (C=O) groups excluding carboxylic acids is 2. The second kappa shape index (κ2) is 10.1. The van der Waals surface area contributed by atoms with E-state index in [0.717, 1.165) is 17.2 Å². The Kier molecular flexibility index (Phi) is 7.09. The van der Waals surface area contributed by atoms with Crippen LogP contribution in [0.2, 0.25) is 0 Å². The van der Waals surface area contributed by atoms with Gasteiger partial charge >= 0.3 is 11.6 Å². The molecule has 2 aliphatic rings. The van der Waals surface area contributed by atoms with Crippen LogP contribution in [0.15, 0.2) is 47.1 Å². The Bertz CT molecular complexity index is 1420. The van der Waals surface area contributed by atoms with Gasteiger partial charge < -0.3 is 33.4 Å². The second-order valence-corrected chi connectivity index (χ2v) is 9.34. The number of hydrogen-bond donors (Lipinski definition) is 3. The fraction of sp³-hybridized carbons (Fsp3) is 0.263. The highest BCUT2D eigenvalue weighted by molar-refractivity contribution is 8.00. The molecule has 3 aromatic heterocycles. The highest BCUT2D eigenvalue weighted by Gasteiger charge is 2.54. The first kappa shape index (κ1) is 25.3. The normalized spacial score (nSPS) is 19.4. The van der Waals surface area contributed by atoms with Crippen molar-refractivity contribution in [2.75, 3.05) is 18.6 Å². The zero-order chi connectivity index (χ0) is 24.7. The maximum atomic E-state index is 13.0. The molecule has 188 valence electrons. The third-order valence-corrected chi connectivity index (χ3v) is 7.27. The van der Waals surface area contributed by atoms with Crippen LogP contribution in [0.25, 0.3) is 5.65 Å². The number of nitrogens with two attached hydrogens (primary N) is 1. The number of rotatable bonds is 7. The van der Waals surface area contributed by atoms with Gasteiger partial charge in [0.05, 0.1) is 6.20 Å². The molecule has 0 aliphatic carbocycles. The van der Waals surface area contributed by atoms with E-state index in [9.17, 15) is 19.5 Å². The largest absolute Gasteiger partial charge is 1.00 e. The lowest BCUT2D eigenvalue weighted by atomic mass is 10.0. The first-order valence-electron chi connectivity index (χ1n) is 10.1. The fourth-order valence-corrected chi connectivity index (χ4v) is 5.67. The number of fused-ring (bicyclic) bond motifs is 2. The van der Waals surface area contributed by atoms with Crippen LogP contribution in [-0.4, -0.2) is 76.8 Å². The molecule has 1 saturated heterocycles. The molecule has 0 bridgehead atoms. The van der Waals surface area contributed by atoms with E-state index in [4.69, 9.17) is 10.6 Å². The van der Waals surface area contributed by atoms with Crippen LogP contribution < -0.4 is 28.0 Å². The monoisotopic (exact) mass is 551 g/mol. The average Bonchev–Trinajstić information content (AvgIpc) is 3.46. The summed E-state index contributed by atoms with van der Waals surface area (Å²) in [6.07, 6.45) is 5.21. The van der Waals surface area contributed by atoms with Crippen LogP contribution in [0.1, 0.15) is 5.82 Å². The first-order chi connectivity index (χ1) is 16.9. The van der Waals surface area contributed by atoms with Gasteiger partial charge in [0.2, 0.25) is 11.5 Å². The second-order valence-electron chi connectivity index (χ2n) is 7.45. The maximum absolute atomic E-state index is 13.0. The Labute approximate surface area is 217 Å². The molecule has 2 amide bonds. The van der Waals surface area contributed by atoms with Crippen molar-refractivity contribution < 1.29 is 41.3 Å². The summed E-state index contributed by atoms with van der Waals surface area (Å²) in [5.74, 6) is -2.17. The molecule has 0 unspecified atom stereocenters. The number of nitrogens with zero attached hydrogens (tertiary/aromatic N) is 7. The van der Waals surface area contributed by atoms with E-state index < -0.39 is 29.2 Å². The number of carboxylic acid groups (broad SMARTS) is 1. The van der Waals surface area contributed by atoms with Crippen molar-refractivity contribution in [2.24, 2.45) is 5.16 Å². The summed E-state index contributed by atoms with van der Waals surface area (Å²) in [5.41, 5.74) is 6.60. The third-order valence-electron chi connectivity index (χ3n) is 5.39. The van der Waals surface area contributed by atoms with Crippen LogP contribution in [0.5, 0.6) is 0 Å². The number of oxime groups is 1. The van der Waals surface area contributed by atoms with E-state index >= 15 is 0 Å². The molecule has 2 aliphatic heterocycles. The summed E-state index contributed by atoms with van der Waals surface area (Å²) in [6, 6.07) is 2.69. The quantitative estimate of drug-likeness (QED) is 0.113. The van der Waals surface area contributed by atoms with Crippen molar-refractivity contribution in [3.63, 3.8) is 0 Å². The van der Waals surface area contributed by atoms with Gasteiger partial charge in [-0.1, -0.05) is 10.3 Å². The Morgan fingerprint density at radius 1 is 1.44 bits per heavy atom. The SMILES string of the molecule is CO/N=C(\C(=O)N[C@@H]1C(=O)N2C(C(=O)O)=C(Cn3cc[n+]4ncccc34)CS[C@H]12)c1nsc(N)n1.[Cl-]. The van der Waals surface area contributed by atoms with Crippen molar-refractivity contribution >= 4 is 57.6 Å². The van der Waals surface area contributed by atoms with Crippen LogP contribution >= 0.6 is 23.3 Å². The number of thioether (sulfide) groups is 1. The lowest BCUT2D eigenvalue weighted by Crippen LogP contribution is -3.00. The first-order valence-corrected chi connectivity index (χ1v) is 11.9. The lowest BCUT2D eigenvalue weighted by molar-refractivity contribution is -0.579. The molecule has 1 fully saturated rings. The molecule has 4 N–H and O–H groups in total. The summed E-state index contributed by atoms with van der Waals surface area (Å²) in [7, 11) is 1.25. The van der Waals surface area contributed by atoms with Crippen molar-refractivity contribution in [3.8, 4) is 0 Å². The maximum Gasteiger partial charge on any atom is 0.352 e. The van der Waals surface area contributed by atoms with E-state index in [0.29, 0.717) is 11.3 Å². The number of nitrogen functional groups attached to an aromatic ring is 1. The van der Waals surface area contributed by atoms with Gasteiger partial charge in [-0.2, -0.15) is 9.36 Å². The standard InChI is InChI=1S/C19H17N9O5S2.ClH/c1-33-24-11(14-23-19(20)35-25-14)15(29)22-12-16(30)28-13(18(31)32)9(8-34-17(12)28)7-26-5-6-27-10(26)3-2-4-21-27;/h2-6,12,17H,7-8H2,1H3,(H3-,20,22,23,25,29,31,32);1H/b24-11-;/t12-,17-;/m1./s1. The Hall–Kier alpha value is -3.76. The van der Waals surface area contributed by atoms with Gasteiger partial charge in [-0.05, 0) is 6.07 Å². The van der Waals surface area contributed by atoms with Crippen molar-refractivity contribution in [3.05, 3.63) is 47.8 Å². The number of halogens is 1. The van der Waals surface area contributed by atoms with Crippen LogP contribution in [0.3, 0.4) is 0 Å². The molecule has 0 spiro atoms. The van der Waals surface area contributed by atoms with Gasteiger partial charge in [0, 0.05) is 28.9 Å². The van der Waals surface area contributed by atoms with Gasteiger partial charge in [-0.15, -0.1) is 16.3 Å². The number of nitrogens with one attached hydrogen (secondary N) is 1. The molecule has 17 heteroatoms. The molecule has 5 rings (SSSR count). The molecule has 5 heterocycles. The lowest BCUT2D eigenvalue weighted by Gasteiger charge is -2.49. The van der Waals surface area contributed by atoms with Crippen molar-refractivity contribution in [1.29, 1.82) is 0 Å². The number of carboxylic acids is 1. The predicted molar refractivity (Wildman–Crippen MR) is 123 cm³/mol. The third kappa shape index (κ3) is 4.33. The highest BCUT2D eigenvalue weighted by Crippen LogP contribution is 2.40. The molecule has 0 saturated carbocycles. The van der Waals surface area contributed by atoms with Gasteiger partial charge in [0.1, 0.15) is 37.0 Å². The van der Waals surface area contributed by atoms with Gasteiger partial charge in [0.25, 0.3) is 11.8 Å². The predicted octanol–water partition coefficient (Wildman–Crippen LogP) is -4.15. The molecule has 2 atom stereocenters. The van der Waals surface area contributed by atoms with Crippen LogP contribution in [0, 0.1) is 0 Å². The summed E-state index contributed by atoms with van der Waals surface area (Å²) >= 11 is 2.24. The van der Waals surface area contributed by atoms with Gasteiger partial charge in [-0.25, -0.2) is 9.36 Å². The smallest absolute Gasteiger partial charge is 0.352 e. The number of hydrogen-bond acceptors (Lipinski definition) is 11. The van der Waals surface area contributed by atoms with Crippen LogP contribution in [0.4, 0.5) is 5.13 Å². The number of aromatic nitrogens is 5. The van der Waals surface area contributed by atoms with E-state index in [1.54, 1.807) is 29.2 Å².